The molecule has 4 heteroatoms. The fourth-order valence-electron chi connectivity index (χ4n) is 2.03. The minimum Gasteiger partial charge on any atom is -0.351 e. The molecule has 0 atom stereocenters. The summed E-state index contributed by atoms with van der Waals surface area (Å²) >= 11 is 0. The number of rotatable bonds is 3. The monoisotopic (exact) mass is 256 g/mol. The second-order valence-electron chi connectivity index (χ2n) is 4.33. The number of anilines is 1. The van der Waals surface area contributed by atoms with E-state index in [4.69, 9.17) is 0 Å². The maximum absolute atomic E-state index is 10.8. The number of nitro groups is 1. The Morgan fingerprint density at radius 1 is 1.42 bits per heavy atom. The van der Waals surface area contributed by atoms with Crippen molar-refractivity contribution in [3.05, 3.63) is 70.1 Å². The van der Waals surface area contributed by atoms with Crippen LogP contribution in [-0.4, -0.2) is 12.0 Å². The molecular weight excluding hydrogens is 240 g/mol. The summed E-state index contributed by atoms with van der Waals surface area (Å²) in [5.41, 5.74) is 3.39. The van der Waals surface area contributed by atoms with Crippen LogP contribution < -0.4 is 4.90 Å². The Labute approximate surface area is 112 Å². The zero-order chi connectivity index (χ0) is 13.8. The van der Waals surface area contributed by atoms with Crippen LogP contribution in [0.1, 0.15) is 18.9 Å². The first-order chi connectivity index (χ1) is 9.13. The van der Waals surface area contributed by atoms with Crippen LogP contribution in [-0.2, 0) is 0 Å². The van der Waals surface area contributed by atoms with Gasteiger partial charge in [0, 0.05) is 37.0 Å². The Morgan fingerprint density at radius 2 is 2.16 bits per heavy atom. The fraction of sp³-hybridized carbons (Fsp3) is 0.200. The summed E-state index contributed by atoms with van der Waals surface area (Å²) in [7, 11) is 1.98. The fourth-order valence-corrected chi connectivity index (χ4v) is 2.03. The summed E-state index contributed by atoms with van der Waals surface area (Å²) in [5, 5.41) is 10.8. The molecule has 0 unspecified atom stereocenters. The Bertz CT molecular complexity index is 586. The highest BCUT2D eigenvalue weighted by Crippen LogP contribution is 2.31. The van der Waals surface area contributed by atoms with Gasteiger partial charge in [-0.3, -0.25) is 10.1 Å². The van der Waals surface area contributed by atoms with Crippen molar-refractivity contribution in [2.24, 2.45) is 0 Å². The molecule has 98 valence electrons. The highest BCUT2D eigenvalue weighted by molar-refractivity contribution is 5.86. The molecule has 1 heterocycles. The van der Waals surface area contributed by atoms with Gasteiger partial charge in [-0.05, 0) is 23.8 Å². The smallest absolute Gasteiger partial charge is 0.245 e. The van der Waals surface area contributed by atoms with E-state index in [1.807, 2.05) is 54.6 Å². The SMILES string of the molecule is CCC(=CC=C1C=CN(C)c2ccccc21)[N+](=O)[O-]. The number of fused-ring (bicyclic) bond motifs is 1. The van der Waals surface area contributed by atoms with Crippen LogP contribution in [0.5, 0.6) is 0 Å². The first kappa shape index (κ1) is 13.1. The van der Waals surface area contributed by atoms with Crippen LogP contribution in [0.2, 0.25) is 0 Å². The molecule has 1 aliphatic heterocycles. The van der Waals surface area contributed by atoms with E-state index in [0.29, 0.717) is 6.42 Å². The van der Waals surface area contributed by atoms with E-state index in [9.17, 15) is 10.1 Å². The molecule has 0 bridgehead atoms. The van der Waals surface area contributed by atoms with Crippen LogP contribution in [0, 0.1) is 10.1 Å². The second-order valence-corrected chi connectivity index (χ2v) is 4.33. The largest absolute Gasteiger partial charge is 0.351 e. The van der Waals surface area contributed by atoms with Crippen molar-refractivity contribution in [2.75, 3.05) is 11.9 Å². The molecule has 0 radical (unpaired) electrons. The van der Waals surface area contributed by atoms with Gasteiger partial charge in [-0.2, -0.15) is 0 Å². The summed E-state index contributed by atoms with van der Waals surface area (Å²) in [6.45, 7) is 1.78. The van der Waals surface area contributed by atoms with Crippen molar-refractivity contribution in [3.8, 4) is 0 Å². The van der Waals surface area contributed by atoms with E-state index in [1.54, 1.807) is 13.0 Å². The van der Waals surface area contributed by atoms with Gasteiger partial charge in [-0.1, -0.05) is 25.1 Å². The first-order valence-electron chi connectivity index (χ1n) is 6.19. The van der Waals surface area contributed by atoms with Crippen LogP contribution in [0.3, 0.4) is 0 Å². The van der Waals surface area contributed by atoms with Gasteiger partial charge >= 0.3 is 0 Å². The molecule has 0 aromatic heterocycles. The van der Waals surface area contributed by atoms with Crippen molar-refractivity contribution in [1.82, 2.24) is 0 Å². The van der Waals surface area contributed by atoms with E-state index in [1.165, 1.54) is 0 Å². The van der Waals surface area contributed by atoms with Gasteiger partial charge in [0.2, 0.25) is 5.70 Å². The van der Waals surface area contributed by atoms with E-state index < -0.39 is 0 Å². The Kier molecular flexibility index (Phi) is 3.80. The molecule has 0 amide bonds. The quantitative estimate of drug-likeness (QED) is 0.613. The summed E-state index contributed by atoms with van der Waals surface area (Å²) in [6, 6.07) is 8.01. The molecule has 0 aliphatic carbocycles. The van der Waals surface area contributed by atoms with Crippen molar-refractivity contribution >= 4 is 11.3 Å². The second kappa shape index (κ2) is 5.52. The number of para-hydroxylation sites is 1. The molecule has 4 nitrogen and oxygen atoms in total. The summed E-state index contributed by atoms with van der Waals surface area (Å²) in [4.78, 5) is 12.5. The Balaban J connectivity index is 2.41. The highest BCUT2D eigenvalue weighted by Gasteiger charge is 2.12. The Morgan fingerprint density at radius 3 is 2.84 bits per heavy atom. The molecule has 19 heavy (non-hydrogen) atoms. The topological polar surface area (TPSA) is 46.4 Å². The van der Waals surface area contributed by atoms with Crippen molar-refractivity contribution in [2.45, 2.75) is 13.3 Å². The standard InChI is InChI=1S/C15H16N2O2/c1-3-13(17(18)19)9-8-12-10-11-16(2)15-7-5-4-6-14(12)15/h4-11H,3H2,1-2H3. The number of allylic oxidation sites excluding steroid dienone is 5. The molecule has 0 N–H and O–H groups in total. The molecule has 0 saturated heterocycles. The lowest BCUT2D eigenvalue weighted by Gasteiger charge is -2.23. The molecule has 0 fully saturated rings. The third-order valence-corrected chi connectivity index (χ3v) is 3.12. The Hall–Kier alpha value is -2.36. The molecule has 1 aliphatic rings. The zero-order valence-electron chi connectivity index (χ0n) is 11.0. The molecule has 2 rings (SSSR count). The molecule has 1 aromatic carbocycles. The lowest BCUT2D eigenvalue weighted by Crippen LogP contribution is -2.13. The summed E-state index contributed by atoms with van der Waals surface area (Å²) < 4.78 is 0. The lowest BCUT2D eigenvalue weighted by atomic mass is 10.00. The van der Waals surface area contributed by atoms with Crippen LogP contribution in [0.15, 0.2) is 54.4 Å². The highest BCUT2D eigenvalue weighted by atomic mass is 16.6. The van der Waals surface area contributed by atoms with Gasteiger partial charge in [-0.25, -0.2) is 0 Å². The van der Waals surface area contributed by atoms with Crippen LogP contribution in [0.25, 0.3) is 5.57 Å². The number of hydrogen-bond donors (Lipinski definition) is 0. The average molecular weight is 256 g/mol. The van der Waals surface area contributed by atoms with E-state index in [0.717, 1.165) is 16.8 Å². The van der Waals surface area contributed by atoms with Crippen molar-refractivity contribution < 1.29 is 4.92 Å². The maximum Gasteiger partial charge on any atom is 0.245 e. The van der Waals surface area contributed by atoms with E-state index >= 15 is 0 Å². The number of benzene rings is 1. The number of hydrogen-bond acceptors (Lipinski definition) is 3. The van der Waals surface area contributed by atoms with Gasteiger partial charge in [0.15, 0.2) is 0 Å². The summed E-state index contributed by atoms with van der Waals surface area (Å²) in [6.07, 6.45) is 7.74. The molecule has 0 saturated carbocycles. The third-order valence-electron chi connectivity index (χ3n) is 3.12. The third kappa shape index (κ3) is 2.73. The van der Waals surface area contributed by atoms with Crippen LogP contribution in [0.4, 0.5) is 5.69 Å². The summed E-state index contributed by atoms with van der Waals surface area (Å²) in [5.74, 6) is 0. The van der Waals surface area contributed by atoms with Crippen LogP contribution >= 0.6 is 0 Å². The zero-order valence-corrected chi connectivity index (χ0v) is 11.0. The maximum atomic E-state index is 10.8. The first-order valence-corrected chi connectivity index (χ1v) is 6.19. The normalized spacial score (nSPS) is 16.6. The van der Waals surface area contributed by atoms with Gasteiger partial charge in [-0.15, -0.1) is 0 Å². The lowest BCUT2D eigenvalue weighted by molar-refractivity contribution is -0.427. The molecule has 0 spiro atoms. The molecular formula is C15H16N2O2. The van der Waals surface area contributed by atoms with E-state index in [-0.39, 0.29) is 10.6 Å². The van der Waals surface area contributed by atoms with Gasteiger partial charge < -0.3 is 4.90 Å². The average Bonchev–Trinajstić information content (AvgIpc) is 2.42. The minimum atomic E-state index is -0.332. The van der Waals surface area contributed by atoms with Crippen molar-refractivity contribution in [1.29, 1.82) is 0 Å². The van der Waals surface area contributed by atoms with Gasteiger partial charge in [0.25, 0.3) is 0 Å². The number of nitrogens with zero attached hydrogens (tertiary/aromatic N) is 2. The van der Waals surface area contributed by atoms with Gasteiger partial charge in [0.05, 0.1) is 4.92 Å². The molecule has 1 aromatic rings. The predicted molar refractivity (Wildman–Crippen MR) is 77.3 cm³/mol. The van der Waals surface area contributed by atoms with Gasteiger partial charge in [0.1, 0.15) is 0 Å². The minimum absolute atomic E-state index is 0.220. The van der Waals surface area contributed by atoms with Crippen molar-refractivity contribution in [3.63, 3.8) is 0 Å². The van der Waals surface area contributed by atoms with E-state index in [2.05, 4.69) is 0 Å². The predicted octanol–water partition coefficient (Wildman–Crippen LogP) is 3.60.